The van der Waals surface area contributed by atoms with Crippen molar-refractivity contribution in [1.29, 1.82) is 0 Å². The van der Waals surface area contributed by atoms with Crippen LogP contribution in [0.3, 0.4) is 0 Å². The average Bonchev–Trinajstić information content (AvgIpc) is 2.77. The predicted molar refractivity (Wildman–Crippen MR) is 122 cm³/mol. The Balaban J connectivity index is 1.44. The van der Waals surface area contributed by atoms with E-state index in [0.717, 1.165) is 66.7 Å². The topological polar surface area (TPSA) is 62.2 Å². The van der Waals surface area contributed by atoms with E-state index in [0.29, 0.717) is 18.9 Å². The highest BCUT2D eigenvalue weighted by Crippen LogP contribution is 2.20. The molecule has 1 aliphatic heterocycles. The van der Waals surface area contributed by atoms with Gasteiger partial charge < -0.3 is 9.80 Å². The van der Waals surface area contributed by atoms with E-state index in [1.807, 2.05) is 50.4 Å². The van der Waals surface area contributed by atoms with Crippen molar-refractivity contribution in [3.05, 3.63) is 47.0 Å². The molecule has 1 amide bonds. The minimum Gasteiger partial charge on any atom is -0.343 e. The van der Waals surface area contributed by atoms with Gasteiger partial charge >= 0.3 is 0 Å². The molecule has 1 aliphatic rings. The summed E-state index contributed by atoms with van der Waals surface area (Å²) in [7, 11) is 1.96. The Morgan fingerprint density at radius 3 is 2.47 bits per heavy atom. The molecule has 30 heavy (non-hydrogen) atoms. The first-order valence-corrected chi connectivity index (χ1v) is 12.0. The summed E-state index contributed by atoms with van der Waals surface area (Å²) in [6.07, 6.45) is 8.11. The second-order valence-electron chi connectivity index (χ2n) is 8.01. The molecule has 1 fully saturated rings. The van der Waals surface area contributed by atoms with E-state index in [9.17, 15) is 4.79 Å². The molecule has 3 heterocycles. The molecular weight excluding hydrogens is 394 g/mol. The van der Waals surface area contributed by atoms with Gasteiger partial charge in [-0.15, -0.1) is 0 Å². The van der Waals surface area contributed by atoms with Gasteiger partial charge in [-0.1, -0.05) is 17.8 Å². The minimum atomic E-state index is 0.217. The average molecular weight is 428 g/mol. The number of amides is 1. The van der Waals surface area contributed by atoms with Gasteiger partial charge in [-0.3, -0.25) is 9.78 Å². The molecule has 6 nitrogen and oxygen atoms in total. The van der Waals surface area contributed by atoms with Crippen molar-refractivity contribution in [1.82, 2.24) is 24.8 Å². The summed E-state index contributed by atoms with van der Waals surface area (Å²) < 4.78 is 0. The smallest absolute Gasteiger partial charge is 0.222 e. The number of piperidine rings is 1. The second kappa shape index (κ2) is 10.9. The van der Waals surface area contributed by atoms with E-state index in [1.165, 1.54) is 0 Å². The van der Waals surface area contributed by atoms with Crippen LogP contribution in [0.15, 0.2) is 29.6 Å². The number of carbonyl (C=O) groups excluding carboxylic acids is 1. The summed E-state index contributed by atoms with van der Waals surface area (Å²) >= 11 is 1.55. The van der Waals surface area contributed by atoms with Crippen molar-refractivity contribution >= 4 is 17.7 Å². The largest absolute Gasteiger partial charge is 0.343 e. The maximum Gasteiger partial charge on any atom is 0.222 e. The molecule has 0 radical (unpaired) electrons. The standard InChI is InChI=1S/C23H33N5OS/c1-17-21(18(2)26-23(25-17)30-4)8-9-22(29)27(3)20-11-15-28(16-12-20)14-10-19-7-5-6-13-24-19/h5-7,13,20H,8-12,14-16H2,1-4H3. The molecule has 0 spiro atoms. The van der Waals surface area contributed by atoms with E-state index < -0.39 is 0 Å². The molecule has 0 unspecified atom stereocenters. The summed E-state index contributed by atoms with van der Waals surface area (Å²) in [5.74, 6) is 0.217. The van der Waals surface area contributed by atoms with Crippen LogP contribution in [-0.4, -0.2) is 69.6 Å². The Labute approximate surface area is 184 Å². The Kier molecular flexibility index (Phi) is 8.22. The number of rotatable bonds is 8. The van der Waals surface area contributed by atoms with E-state index in [1.54, 1.807) is 11.8 Å². The third kappa shape index (κ3) is 6.01. The number of hydrogen-bond donors (Lipinski definition) is 0. The summed E-state index contributed by atoms with van der Waals surface area (Å²) in [4.78, 5) is 30.7. The molecule has 0 N–H and O–H groups in total. The molecule has 0 saturated carbocycles. The van der Waals surface area contributed by atoms with E-state index >= 15 is 0 Å². The highest BCUT2D eigenvalue weighted by molar-refractivity contribution is 7.98. The zero-order valence-corrected chi connectivity index (χ0v) is 19.4. The first-order valence-electron chi connectivity index (χ1n) is 10.7. The van der Waals surface area contributed by atoms with Crippen molar-refractivity contribution in [3.8, 4) is 0 Å². The van der Waals surface area contributed by atoms with Gasteiger partial charge in [0.25, 0.3) is 0 Å². The van der Waals surface area contributed by atoms with Crippen LogP contribution in [0.4, 0.5) is 0 Å². The molecule has 1 saturated heterocycles. The Bertz CT molecular complexity index is 814. The van der Waals surface area contributed by atoms with Crippen molar-refractivity contribution in [3.63, 3.8) is 0 Å². The maximum atomic E-state index is 12.8. The SMILES string of the molecule is CSc1nc(C)c(CCC(=O)N(C)C2CCN(CCc3ccccn3)CC2)c(C)n1. The number of thioether (sulfide) groups is 1. The van der Waals surface area contributed by atoms with Gasteiger partial charge in [0.1, 0.15) is 0 Å². The predicted octanol–water partition coefficient (Wildman–Crippen LogP) is 3.31. The fourth-order valence-electron chi connectivity index (χ4n) is 4.12. The summed E-state index contributed by atoms with van der Waals surface area (Å²) in [6, 6.07) is 6.42. The summed E-state index contributed by atoms with van der Waals surface area (Å²) in [6.45, 7) is 7.14. The lowest BCUT2D eigenvalue weighted by atomic mass is 10.0. The van der Waals surface area contributed by atoms with Crippen LogP contribution in [0.25, 0.3) is 0 Å². The second-order valence-corrected chi connectivity index (χ2v) is 8.78. The van der Waals surface area contributed by atoms with Crippen LogP contribution >= 0.6 is 11.8 Å². The Morgan fingerprint density at radius 2 is 1.87 bits per heavy atom. The zero-order valence-electron chi connectivity index (χ0n) is 18.6. The summed E-state index contributed by atoms with van der Waals surface area (Å²) in [5, 5.41) is 0.798. The lowest BCUT2D eigenvalue weighted by molar-refractivity contribution is -0.132. The monoisotopic (exact) mass is 427 g/mol. The van der Waals surface area contributed by atoms with Crippen LogP contribution in [0.1, 0.15) is 41.9 Å². The number of pyridine rings is 1. The van der Waals surface area contributed by atoms with Gasteiger partial charge in [0, 0.05) is 68.8 Å². The van der Waals surface area contributed by atoms with Crippen molar-refractivity contribution in [2.75, 3.05) is 32.9 Å². The van der Waals surface area contributed by atoms with Crippen molar-refractivity contribution < 1.29 is 4.79 Å². The van der Waals surface area contributed by atoms with Gasteiger partial charge in [0.2, 0.25) is 5.91 Å². The maximum absolute atomic E-state index is 12.8. The third-order valence-electron chi connectivity index (χ3n) is 6.08. The molecule has 2 aromatic rings. The van der Waals surface area contributed by atoms with E-state index in [2.05, 4.69) is 25.9 Å². The third-order valence-corrected chi connectivity index (χ3v) is 6.63. The van der Waals surface area contributed by atoms with Crippen LogP contribution < -0.4 is 0 Å². The lowest BCUT2D eigenvalue weighted by Crippen LogP contribution is -2.46. The van der Waals surface area contributed by atoms with Crippen molar-refractivity contribution in [2.45, 2.75) is 57.1 Å². The molecule has 7 heteroatoms. The molecule has 0 bridgehead atoms. The fraction of sp³-hybridized carbons (Fsp3) is 0.565. The van der Waals surface area contributed by atoms with Crippen LogP contribution in [-0.2, 0) is 17.6 Å². The summed E-state index contributed by atoms with van der Waals surface area (Å²) in [5.41, 5.74) is 4.23. The Hall–Kier alpha value is -1.99. The number of likely N-dealkylation sites (tertiary alicyclic amines) is 1. The number of aromatic nitrogens is 3. The highest BCUT2D eigenvalue weighted by atomic mass is 32.2. The van der Waals surface area contributed by atoms with E-state index in [4.69, 9.17) is 0 Å². The Morgan fingerprint density at radius 1 is 1.17 bits per heavy atom. The van der Waals surface area contributed by atoms with Crippen LogP contribution in [0.2, 0.25) is 0 Å². The number of hydrogen-bond acceptors (Lipinski definition) is 6. The van der Waals surface area contributed by atoms with Gasteiger partial charge in [-0.25, -0.2) is 9.97 Å². The molecule has 3 rings (SSSR count). The molecule has 162 valence electrons. The minimum absolute atomic E-state index is 0.217. The first-order chi connectivity index (χ1) is 14.5. The normalized spacial score (nSPS) is 15.3. The van der Waals surface area contributed by atoms with Crippen LogP contribution in [0, 0.1) is 13.8 Å². The van der Waals surface area contributed by atoms with Gasteiger partial charge in [-0.2, -0.15) is 0 Å². The van der Waals surface area contributed by atoms with E-state index in [-0.39, 0.29) is 5.91 Å². The molecule has 0 atom stereocenters. The number of nitrogens with zero attached hydrogens (tertiary/aromatic N) is 5. The number of aryl methyl sites for hydroxylation is 2. The fourth-order valence-corrected chi connectivity index (χ4v) is 4.58. The van der Waals surface area contributed by atoms with Crippen molar-refractivity contribution in [2.24, 2.45) is 0 Å². The molecular formula is C23H33N5OS. The van der Waals surface area contributed by atoms with Crippen LogP contribution in [0.5, 0.6) is 0 Å². The molecule has 0 aromatic carbocycles. The lowest BCUT2D eigenvalue weighted by Gasteiger charge is -2.36. The first kappa shape index (κ1) is 22.7. The molecule has 0 aliphatic carbocycles. The van der Waals surface area contributed by atoms with Gasteiger partial charge in [0.15, 0.2) is 5.16 Å². The van der Waals surface area contributed by atoms with Gasteiger partial charge in [0.05, 0.1) is 0 Å². The molecule has 2 aromatic heterocycles. The highest BCUT2D eigenvalue weighted by Gasteiger charge is 2.25. The number of carbonyl (C=O) groups is 1. The van der Waals surface area contributed by atoms with Gasteiger partial charge in [-0.05, 0) is 57.1 Å². The zero-order chi connectivity index (χ0) is 21.5. The quantitative estimate of drug-likeness (QED) is 0.476.